The SMILES string of the molecule is Nc1ccc2cc3c(cc2c1)CCC(=O)C31CC2=CCC1C2. The number of benzene rings is 2. The molecular formula is C20H19NO. The Hall–Kier alpha value is -2.09. The topological polar surface area (TPSA) is 43.1 Å². The van der Waals surface area contributed by atoms with Crippen LogP contribution in [0.2, 0.25) is 0 Å². The van der Waals surface area contributed by atoms with Crippen LogP contribution in [-0.2, 0) is 16.6 Å². The van der Waals surface area contributed by atoms with Crippen LogP contribution in [-0.4, -0.2) is 5.78 Å². The summed E-state index contributed by atoms with van der Waals surface area (Å²) in [6.07, 6.45) is 7.12. The largest absolute Gasteiger partial charge is 0.399 e. The molecule has 1 fully saturated rings. The van der Waals surface area contributed by atoms with Gasteiger partial charge in [-0.15, -0.1) is 0 Å². The van der Waals surface area contributed by atoms with Gasteiger partial charge in [0.25, 0.3) is 0 Å². The minimum atomic E-state index is -0.215. The zero-order valence-electron chi connectivity index (χ0n) is 12.6. The quantitative estimate of drug-likeness (QED) is 0.590. The number of fused-ring (bicyclic) bond motifs is 6. The highest BCUT2D eigenvalue weighted by Crippen LogP contribution is 2.57. The number of aryl methyl sites for hydroxylation is 1. The van der Waals surface area contributed by atoms with Crippen molar-refractivity contribution in [1.82, 2.24) is 0 Å². The molecule has 2 bridgehead atoms. The second-order valence-corrected chi connectivity index (χ2v) is 7.19. The molecule has 0 aliphatic heterocycles. The zero-order chi connectivity index (χ0) is 14.9. The van der Waals surface area contributed by atoms with Crippen LogP contribution in [0.4, 0.5) is 5.69 Å². The van der Waals surface area contributed by atoms with Crippen molar-refractivity contribution in [2.24, 2.45) is 5.92 Å². The second-order valence-electron chi connectivity index (χ2n) is 7.19. The summed E-state index contributed by atoms with van der Waals surface area (Å²) in [6.45, 7) is 0. The van der Waals surface area contributed by atoms with Gasteiger partial charge in [-0.1, -0.05) is 23.8 Å². The summed E-state index contributed by atoms with van der Waals surface area (Å²) in [5, 5.41) is 2.41. The number of rotatable bonds is 0. The van der Waals surface area contributed by atoms with E-state index in [0.29, 0.717) is 18.1 Å². The number of nitrogen functional groups attached to an aromatic ring is 1. The Kier molecular flexibility index (Phi) is 2.27. The Morgan fingerprint density at radius 2 is 2.00 bits per heavy atom. The molecule has 0 amide bonds. The molecule has 3 aliphatic carbocycles. The molecule has 5 rings (SSSR count). The summed E-state index contributed by atoms with van der Waals surface area (Å²) in [5.74, 6) is 0.975. The number of allylic oxidation sites excluding steroid dienone is 2. The third-order valence-electron chi connectivity index (χ3n) is 6.09. The molecule has 0 saturated heterocycles. The van der Waals surface area contributed by atoms with E-state index in [1.165, 1.54) is 27.5 Å². The lowest BCUT2D eigenvalue weighted by Gasteiger charge is -2.40. The van der Waals surface area contributed by atoms with Crippen LogP contribution >= 0.6 is 0 Å². The fourth-order valence-electron chi connectivity index (χ4n) is 5.06. The van der Waals surface area contributed by atoms with Gasteiger partial charge >= 0.3 is 0 Å². The molecule has 0 heterocycles. The molecule has 1 saturated carbocycles. The first-order valence-electron chi connectivity index (χ1n) is 8.21. The molecule has 2 heteroatoms. The number of carbonyl (C=O) groups excluding carboxylic acids is 1. The van der Waals surface area contributed by atoms with E-state index in [0.717, 1.165) is 31.4 Å². The summed E-state index contributed by atoms with van der Waals surface area (Å²) >= 11 is 0. The average Bonchev–Trinajstić information content (AvgIpc) is 3.11. The Balaban J connectivity index is 1.79. The number of carbonyl (C=O) groups is 1. The highest BCUT2D eigenvalue weighted by Gasteiger charge is 2.54. The maximum absolute atomic E-state index is 12.9. The van der Waals surface area contributed by atoms with E-state index in [4.69, 9.17) is 5.73 Å². The van der Waals surface area contributed by atoms with E-state index in [-0.39, 0.29) is 5.41 Å². The van der Waals surface area contributed by atoms with Gasteiger partial charge in [0.1, 0.15) is 5.78 Å². The second kappa shape index (κ2) is 4.01. The molecule has 22 heavy (non-hydrogen) atoms. The molecule has 1 spiro atoms. The van der Waals surface area contributed by atoms with Crippen LogP contribution in [0.1, 0.15) is 36.8 Å². The summed E-state index contributed by atoms with van der Waals surface area (Å²) in [4.78, 5) is 12.9. The van der Waals surface area contributed by atoms with Gasteiger partial charge in [-0.25, -0.2) is 0 Å². The van der Waals surface area contributed by atoms with E-state index in [1.807, 2.05) is 12.1 Å². The lowest BCUT2D eigenvalue weighted by molar-refractivity contribution is -0.126. The molecule has 2 aromatic rings. The first-order chi connectivity index (χ1) is 10.7. The number of hydrogen-bond acceptors (Lipinski definition) is 2. The first kappa shape index (κ1) is 12.5. The van der Waals surface area contributed by atoms with E-state index in [9.17, 15) is 4.79 Å². The first-order valence-corrected chi connectivity index (χ1v) is 8.21. The molecule has 3 aliphatic rings. The van der Waals surface area contributed by atoms with Crippen molar-refractivity contribution in [1.29, 1.82) is 0 Å². The number of ketones is 1. The van der Waals surface area contributed by atoms with E-state index in [1.54, 1.807) is 0 Å². The van der Waals surface area contributed by atoms with Gasteiger partial charge < -0.3 is 5.73 Å². The molecule has 2 N–H and O–H groups in total. The van der Waals surface area contributed by atoms with Crippen LogP contribution < -0.4 is 5.73 Å². The Morgan fingerprint density at radius 1 is 1.09 bits per heavy atom. The summed E-state index contributed by atoms with van der Waals surface area (Å²) in [5.41, 5.74) is 10.7. The van der Waals surface area contributed by atoms with Gasteiger partial charge in [0.2, 0.25) is 0 Å². The molecule has 0 aromatic heterocycles. The van der Waals surface area contributed by atoms with Gasteiger partial charge in [-0.05, 0) is 71.7 Å². The average molecular weight is 289 g/mol. The third-order valence-corrected chi connectivity index (χ3v) is 6.09. The zero-order valence-corrected chi connectivity index (χ0v) is 12.6. The van der Waals surface area contributed by atoms with Crippen LogP contribution in [0, 0.1) is 5.92 Å². The molecule has 2 atom stereocenters. The third kappa shape index (κ3) is 1.43. The van der Waals surface area contributed by atoms with Crippen molar-refractivity contribution in [3.8, 4) is 0 Å². The van der Waals surface area contributed by atoms with E-state index in [2.05, 4.69) is 24.3 Å². The van der Waals surface area contributed by atoms with Crippen LogP contribution in [0.5, 0.6) is 0 Å². The van der Waals surface area contributed by atoms with Crippen molar-refractivity contribution >= 4 is 22.2 Å². The Labute approximate surface area is 130 Å². The Bertz CT molecular complexity index is 863. The highest BCUT2D eigenvalue weighted by molar-refractivity contribution is 5.97. The minimum absolute atomic E-state index is 0.215. The van der Waals surface area contributed by atoms with E-state index < -0.39 is 0 Å². The lowest BCUT2D eigenvalue weighted by atomic mass is 9.61. The number of nitrogens with two attached hydrogens (primary N) is 1. The number of Topliss-reactive ketones (excluding diaryl/α,β-unsaturated/α-hetero) is 1. The van der Waals surface area contributed by atoms with Crippen molar-refractivity contribution in [2.45, 2.75) is 37.5 Å². The summed E-state index contributed by atoms with van der Waals surface area (Å²) < 4.78 is 0. The predicted molar refractivity (Wildman–Crippen MR) is 88.8 cm³/mol. The van der Waals surface area contributed by atoms with Gasteiger partial charge in [-0.2, -0.15) is 0 Å². The van der Waals surface area contributed by atoms with Gasteiger partial charge in [-0.3, -0.25) is 4.79 Å². The van der Waals surface area contributed by atoms with Gasteiger partial charge in [0.15, 0.2) is 0 Å². The van der Waals surface area contributed by atoms with Crippen molar-refractivity contribution in [3.05, 3.63) is 53.1 Å². The maximum Gasteiger partial charge on any atom is 0.144 e. The predicted octanol–water partition coefficient (Wildman–Crippen LogP) is 3.92. The molecule has 110 valence electrons. The van der Waals surface area contributed by atoms with Crippen molar-refractivity contribution in [3.63, 3.8) is 0 Å². The molecule has 2 aromatic carbocycles. The standard InChI is InChI=1S/C20H19NO/c21-17-5-2-13-10-18-14(8-15(13)9-17)3-6-19(22)20(18)11-12-1-4-16(20)7-12/h1-2,5,8-10,16H,3-4,6-7,11,21H2. The van der Waals surface area contributed by atoms with E-state index >= 15 is 0 Å². The van der Waals surface area contributed by atoms with Gasteiger partial charge in [0, 0.05) is 12.1 Å². The number of hydrogen-bond donors (Lipinski definition) is 1. The molecule has 2 unspecified atom stereocenters. The fourth-order valence-corrected chi connectivity index (χ4v) is 5.06. The van der Waals surface area contributed by atoms with Crippen LogP contribution in [0.15, 0.2) is 42.0 Å². The minimum Gasteiger partial charge on any atom is -0.399 e. The monoisotopic (exact) mass is 289 g/mol. The highest BCUT2D eigenvalue weighted by atomic mass is 16.1. The Morgan fingerprint density at radius 3 is 2.77 bits per heavy atom. The van der Waals surface area contributed by atoms with Crippen LogP contribution in [0.3, 0.4) is 0 Å². The van der Waals surface area contributed by atoms with Crippen molar-refractivity contribution in [2.75, 3.05) is 5.73 Å². The number of anilines is 1. The fraction of sp³-hybridized carbons (Fsp3) is 0.350. The maximum atomic E-state index is 12.9. The molecular weight excluding hydrogens is 270 g/mol. The molecule has 0 radical (unpaired) electrons. The van der Waals surface area contributed by atoms with Crippen LogP contribution in [0.25, 0.3) is 10.8 Å². The summed E-state index contributed by atoms with van der Waals surface area (Å²) in [7, 11) is 0. The van der Waals surface area contributed by atoms with Gasteiger partial charge in [0.05, 0.1) is 5.41 Å². The normalized spacial score (nSPS) is 29.2. The smallest absolute Gasteiger partial charge is 0.144 e. The summed E-state index contributed by atoms with van der Waals surface area (Å²) in [6, 6.07) is 10.6. The van der Waals surface area contributed by atoms with Crippen molar-refractivity contribution < 1.29 is 4.79 Å². The lowest BCUT2D eigenvalue weighted by Crippen LogP contribution is -2.43. The molecule has 2 nitrogen and oxygen atoms in total.